The largest absolute Gasteiger partial charge is 0.453 e. The normalized spacial score (nSPS) is 21.9. The summed E-state index contributed by atoms with van der Waals surface area (Å²) in [5.41, 5.74) is -1.87. The van der Waals surface area contributed by atoms with Gasteiger partial charge in [-0.3, -0.25) is 4.90 Å². The van der Waals surface area contributed by atoms with E-state index in [1.165, 1.54) is 18.1 Å². The summed E-state index contributed by atoms with van der Waals surface area (Å²) < 4.78 is 57.6. The molecule has 2 aliphatic rings. The number of halogens is 4. The van der Waals surface area contributed by atoms with Crippen LogP contribution in [0, 0.1) is 5.82 Å². The Morgan fingerprint density at radius 2 is 2.12 bits per heavy atom. The molecule has 1 saturated carbocycles. The molecule has 1 heterocycles. The molecule has 1 aromatic carbocycles. The van der Waals surface area contributed by atoms with E-state index in [4.69, 9.17) is 4.74 Å². The van der Waals surface area contributed by atoms with Gasteiger partial charge in [0.25, 0.3) is 0 Å². The maximum absolute atomic E-state index is 13.6. The minimum Gasteiger partial charge on any atom is -0.453 e. The minimum atomic E-state index is -4.78. The molecule has 1 aromatic rings. The lowest BCUT2D eigenvalue weighted by molar-refractivity contribution is -0.140. The van der Waals surface area contributed by atoms with Gasteiger partial charge in [0, 0.05) is 12.6 Å². The Morgan fingerprint density at radius 3 is 2.64 bits per heavy atom. The molecule has 0 spiro atoms. The highest BCUT2D eigenvalue weighted by atomic mass is 19.4. The summed E-state index contributed by atoms with van der Waals surface area (Å²) in [6.45, 7) is 1.20. The van der Waals surface area contributed by atoms with Gasteiger partial charge in [-0.15, -0.1) is 0 Å². The average Bonchev–Trinajstić information content (AvgIpc) is 3.19. The van der Waals surface area contributed by atoms with E-state index >= 15 is 0 Å². The zero-order valence-corrected chi connectivity index (χ0v) is 13.8. The summed E-state index contributed by atoms with van der Waals surface area (Å²) >= 11 is 0. The number of carbonyl (C=O) groups excluding carboxylic acids is 1. The number of ether oxygens (including phenoxy) is 1. The summed E-state index contributed by atoms with van der Waals surface area (Å²) in [5, 5.41) is 3.27. The Balaban J connectivity index is 1.94. The van der Waals surface area contributed by atoms with E-state index in [0.717, 1.165) is 31.5 Å². The number of rotatable bonds is 4. The molecule has 0 radical (unpaired) electrons. The smallest absolute Gasteiger partial charge is 0.419 e. The summed E-state index contributed by atoms with van der Waals surface area (Å²) in [5.74, 6) is -1.31. The number of benzene rings is 1. The molecule has 1 atom stereocenters. The fourth-order valence-electron chi connectivity index (χ4n) is 3.53. The van der Waals surface area contributed by atoms with E-state index in [1.807, 2.05) is 0 Å². The maximum atomic E-state index is 13.6. The van der Waals surface area contributed by atoms with Crippen LogP contribution in [0.5, 0.6) is 0 Å². The van der Waals surface area contributed by atoms with Crippen molar-refractivity contribution < 1.29 is 27.1 Å². The van der Waals surface area contributed by atoms with Crippen molar-refractivity contribution in [1.82, 2.24) is 10.2 Å². The van der Waals surface area contributed by atoms with Crippen LogP contribution in [0.25, 0.3) is 0 Å². The summed E-state index contributed by atoms with van der Waals surface area (Å²) in [4.78, 5) is 13.8. The van der Waals surface area contributed by atoms with Crippen LogP contribution in [0.2, 0.25) is 0 Å². The highest BCUT2D eigenvalue weighted by Crippen LogP contribution is 2.52. The molecule has 0 unspecified atom stereocenters. The number of nitrogens with zero attached hydrogens (tertiary/aromatic N) is 1. The van der Waals surface area contributed by atoms with Crippen LogP contribution in [0.3, 0.4) is 0 Å². The van der Waals surface area contributed by atoms with Gasteiger partial charge in [-0.05, 0) is 49.9 Å². The first-order chi connectivity index (χ1) is 11.8. The van der Waals surface area contributed by atoms with Crippen LogP contribution >= 0.6 is 0 Å². The highest BCUT2D eigenvalue weighted by molar-refractivity contribution is 5.70. The number of nitrogens with one attached hydrogen (secondary N) is 1. The third-order valence-electron chi connectivity index (χ3n) is 5.01. The van der Waals surface area contributed by atoms with Crippen molar-refractivity contribution in [3.63, 3.8) is 0 Å². The average molecular weight is 360 g/mol. The van der Waals surface area contributed by atoms with Crippen LogP contribution in [-0.4, -0.2) is 37.2 Å². The first kappa shape index (κ1) is 18.0. The predicted octanol–water partition coefficient (Wildman–Crippen LogP) is 3.65. The van der Waals surface area contributed by atoms with Crippen molar-refractivity contribution >= 4 is 6.09 Å². The van der Waals surface area contributed by atoms with E-state index in [-0.39, 0.29) is 6.04 Å². The van der Waals surface area contributed by atoms with E-state index in [9.17, 15) is 22.4 Å². The first-order valence-electron chi connectivity index (χ1n) is 8.24. The van der Waals surface area contributed by atoms with Gasteiger partial charge >= 0.3 is 12.3 Å². The molecule has 1 amide bonds. The highest BCUT2D eigenvalue weighted by Gasteiger charge is 2.53. The van der Waals surface area contributed by atoms with Gasteiger partial charge < -0.3 is 10.1 Å². The minimum absolute atomic E-state index is 0.0825. The van der Waals surface area contributed by atoms with Crippen LogP contribution in [0.15, 0.2) is 18.2 Å². The molecule has 8 heteroatoms. The third-order valence-corrected chi connectivity index (χ3v) is 5.01. The fraction of sp³-hybridized carbons (Fsp3) is 0.588. The number of carbonyl (C=O) groups is 1. The fourth-order valence-corrected chi connectivity index (χ4v) is 3.53. The predicted molar refractivity (Wildman–Crippen MR) is 82.4 cm³/mol. The molecule has 1 aliphatic heterocycles. The lowest BCUT2D eigenvalue weighted by Gasteiger charge is -2.33. The van der Waals surface area contributed by atoms with E-state index in [1.54, 1.807) is 0 Å². The molecule has 2 fully saturated rings. The topological polar surface area (TPSA) is 41.6 Å². The van der Waals surface area contributed by atoms with Gasteiger partial charge in [-0.2, -0.15) is 13.2 Å². The second-order valence-corrected chi connectivity index (χ2v) is 6.60. The monoisotopic (exact) mass is 360 g/mol. The zero-order chi connectivity index (χ0) is 18.2. The number of hydrogen-bond donors (Lipinski definition) is 1. The molecule has 0 aromatic heterocycles. The molecule has 0 bridgehead atoms. The van der Waals surface area contributed by atoms with Gasteiger partial charge in [0.2, 0.25) is 0 Å². The lowest BCUT2D eigenvalue weighted by atomic mass is 9.99. The second kappa shape index (κ2) is 6.48. The Hall–Kier alpha value is -1.83. The molecule has 1 saturated heterocycles. The molecular formula is C17H20F4N2O2. The number of hydrogen-bond acceptors (Lipinski definition) is 3. The van der Waals surface area contributed by atoms with Crippen LogP contribution in [0.4, 0.5) is 22.4 Å². The van der Waals surface area contributed by atoms with Crippen LogP contribution < -0.4 is 5.32 Å². The third kappa shape index (κ3) is 3.44. The van der Waals surface area contributed by atoms with E-state index in [2.05, 4.69) is 5.32 Å². The zero-order valence-electron chi connectivity index (χ0n) is 13.8. The van der Waals surface area contributed by atoms with Crippen molar-refractivity contribution in [2.45, 2.75) is 43.4 Å². The Kier molecular flexibility index (Phi) is 4.66. The first-order valence-corrected chi connectivity index (χ1v) is 8.24. The van der Waals surface area contributed by atoms with Gasteiger partial charge in [-0.1, -0.05) is 6.07 Å². The Labute approximate surface area is 143 Å². The van der Waals surface area contributed by atoms with Crippen molar-refractivity contribution in [2.24, 2.45) is 0 Å². The van der Waals surface area contributed by atoms with E-state index in [0.29, 0.717) is 24.9 Å². The van der Waals surface area contributed by atoms with Gasteiger partial charge in [0.1, 0.15) is 5.82 Å². The van der Waals surface area contributed by atoms with Gasteiger partial charge in [0.15, 0.2) is 0 Å². The summed E-state index contributed by atoms with van der Waals surface area (Å²) in [7, 11) is 1.25. The molecule has 4 nitrogen and oxygen atoms in total. The standard InChI is InChI=1S/C17H20F4N2O2/c1-25-15(24)23(10-12-3-2-8-22-12)16(6-7-16)11-4-5-14(18)13(9-11)17(19,20)21/h4-5,9,12,22H,2-3,6-8,10H2,1H3/t12-/m1/s1. The van der Waals surface area contributed by atoms with Crippen molar-refractivity contribution in [1.29, 1.82) is 0 Å². The Bertz CT molecular complexity index is 653. The van der Waals surface area contributed by atoms with Crippen LogP contribution in [0.1, 0.15) is 36.8 Å². The summed E-state index contributed by atoms with van der Waals surface area (Å²) in [6.07, 6.45) is -2.43. The van der Waals surface area contributed by atoms with Crippen LogP contribution in [-0.2, 0) is 16.5 Å². The molecular weight excluding hydrogens is 340 g/mol. The molecule has 138 valence electrons. The number of alkyl halides is 3. The molecule has 1 aliphatic carbocycles. The van der Waals surface area contributed by atoms with Crippen molar-refractivity contribution in [3.05, 3.63) is 35.1 Å². The molecule has 3 rings (SSSR count). The summed E-state index contributed by atoms with van der Waals surface area (Å²) in [6, 6.07) is 3.05. The van der Waals surface area contributed by atoms with Crippen molar-refractivity contribution in [3.8, 4) is 0 Å². The number of methoxy groups -OCH3 is 1. The quantitative estimate of drug-likeness (QED) is 0.834. The maximum Gasteiger partial charge on any atom is 0.419 e. The Morgan fingerprint density at radius 1 is 1.40 bits per heavy atom. The molecule has 1 N–H and O–H groups in total. The lowest BCUT2D eigenvalue weighted by Crippen LogP contribution is -2.47. The van der Waals surface area contributed by atoms with Gasteiger partial charge in [0.05, 0.1) is 18.2 Å². The van der Waals surface area contributed by atoms with Gasteiger partial charge in [-0.25, -0.2) is 9.18 Å². The number of amides is 1. The van der Waals surface area contributed by atoms with E-state index < -0.39 is 29.2 Å². The molecule has 25 heavy (non-hydrogen) atoms. The second-order valence-electron chi connectivity index (χ2n) is 6.60. The SMILES string of the molecule is COC(=O)N(C[C@H]1CCCN1)C1(c2ccc(F)c(C(F)(F)F)c2)CC1. The van der Waals surface area contributed by atoms with Crippen molar-refractivity contribution in [2.75, 3.05) is 20.2 Å².